The maximum Gasteiger partial charge on any atom is 0.254 e. The number of nitrogens with two attached hydrogens (primary N) is 1. The summed E-state index contributed by atoms with van der Waals surface area (Å²) in [5.41, 5.74) is 7.88. The first-order chi connectivity index (χ1) is 11.1. The quantitative estimate of drug-likeness (QED) is 0.705. The summed E-state index contributed by atoms with van der Waals surface area (Å²) in [5.74, 6) is 1.40. The van der Waals surface area contributed by atoms with Crippen molar-refractivity contribution in [2.75, 3.05) is 17.6 Å². The smallest absolute Gasteiger partial charge is 0.254 e. The van der Waals surface area contributed by atoms with Crippen LogP contribution in [0.15, 0.2) is 41.1 Å². The van der Waals surface area contributed by atoms with E-state index in [0.29, 0.717) is 27.1 Å². The van der Waals surface area contributed by atoms with Gasteiger partial charge in [0.2, 0.25) is 0 Å². The van der Waals surface area contributed by atoms with Crippen LogP contribution < -0.4 is 11.1 Å². The number of halogens is 2. The van der Waals surface area contributed by atoms with Crippen LogP contribution in [0.25, 0.3) is 17.1 Å². The Kier molecular flexibility index (Phi) is 4.49. The Morgan fingerprint density at radius 3 is 2.65 bits per heavy atom. The highest BCUT2D eigenvalue weighted by molar-refractivity contribution is 9.10. The molecule has 0 atom stereocenters. The zero-order chi connectivity index (χ0) is 16.4. The molecule has 0 radical (unpaired) electrons. The molecule has 3 aromatic rings. The third-order valence-corrected chi connectivity index (χ3v) is 4.21. The van der Waals surface area contributed by atoms with E-state index in [4.69, 9.17) is 17.3 Å². The summed E-state index contributed by atoms with van der Waals surface area (Å²) in [7, 11) is 0. The lowest BCUT2D eigenvalue weighted by atomic mass is 10.1. The molecule has 3 N–H and O–H groups in total. The van der Waals surface area contributed by atoms with Crippen LogP contribution in [0.3, 0.4) is 0 Å². The van der Waals surface area contributed by atoms with Gasteiger partial charge < -0.3 is 11.1 Å². The SMILES string of the molecule is CCNc1nc(-n2cc(-c3ccc(Cl)cc3)cn2)nc(N)c1Br. The van der Waals surface area contributed by atoms with Gasteiger partial charge in [0.15, 0.2) is 0 Å². The van der Waals surface area contributed by atoms with E-state index in [2.05, 4.69) is 36.3 Å². The van der Waals surface area contributed by atoms with Crippen LogP contribution in [0.1, 0.15) is 6.92 Å². The number of hydrogen-bond acceptors (Lipinski definition) is 5. The molecule has 0 saturated carbocycles. The fourth-order valence-electron chi connectivity index (χ4n) is 2.06. The van der Waals surface area contributed by atoms with Crippen molar-refractivity contribution >= 4 is 39.2 Å². The molecule has 0 fully saturated rings. The number of anilines is 2. The number of nitrogens with one attached hydrogen (secondary N) is 1. The van der Waals surface area contributed by atoms with Crippen LogP contribution in [-0.2, 0) is 0 Å². The van der Waals surface area contributed by atoms with Crippen molar-refractivity contribution in [1.82, 2.24) is 19.7 Å². The molecule has 0 saturated heterocycles. The molecule has 3 rings (SSSR count). The lowest BCUT2D eigenvalue weighted by Gasteiger charge is -2.09. The number of hydrogen-bond donors (Lipinski definition) is 2. The molecule has 2 aromatic heterocycles. The average Bonchev–Trinajstić information content (AvgIpc) is 3.02. The van der Waals surface area contributed by atoms with Gasteiger partial charge in [0.25, 0.3) is 5.95 Å². The molecule has 6 nitrogen and oxygen atoms in total. The van der Waals surface area contributed by atoms with Gasteiger partial charge in [-0.05, 0) is 40.5 Å². The molecule has 2 heterocycles. The Morgan fingerprint density at radius 1 is 1.22 bits per heavy atom. The van der Waals surface area contributed by atoms with Gasteiger partial charge in [-0.2, -0.15) is 15.1 Å². The van der Waals surface area contributed by atoms with Gasteiger partial charge in [-0.1, -0.05) is 23.7 Å². The minimum absolute atomic E-state index is 0.356. The van der Waals surface area contributed by atoms with Gasteiger partial charge in [-0.25, -0.2) is 4.68 Å². The molecule has 0 unspecified atom stereocenters. The zero-order valence-corrected chi connectivity index (χ0v) is 14.6. The standard InChI is InChI=1S/C15H14BrClN6/c1-2-19-14-12(16)13(18)21-15(22-14)23-8-10(7-20-23)9-3-5-11(17)6-4-9/h3-8H,2H2,1H3,(H3,18,19,21,22). The topological polar surface area (TPSA) is 81.7 Å². The maximum atomic E-state index is 5.93. The number of nitrogens with zero attached hydrogens (tertiary/aromatic N) is 4. The Labute approximate surface area is 146 Å². The summed E-state index contributed by atoms with van der Waals surface area (Å²) in [4.78, 5) is 8.71. The predicted octanol–water partition coefficient (Wildman–Crippen LogP) is 3.76. The fraction of sp³-hybridized carbons (Fsp3) is 0.133. The highest BCUT2D eigenvalue weighted by Crippen LogP contribution is 2.27. The van der Waals surface area contributed by atoms with Crippen molar-refractivity contribution in [2.45, 2.75) is 6.92 Å². The van der Waals surface area contributed by atoms with Gasteiger partial charge in [0, 0.05) is 23.3 Å². The van der Waals surface area contributed by atoms with Gasteiger partial charge >= 0.3 is 0 Å². The third-order valence-electron chi connectivity index (χ3n) is 3.17. The zero-order valence-electron chi connectivity index (χ0n) is 12.3. The molecule has 0 aliphatic heterocycles. The number of nitrogen functional groups attached to an aromatic ring is 1. The highest BCUT2D eigenvalue weighted by atomic mass is 79.9. The molecule has 1 aromatic carbocycles. The number of rotatable bonds is 4. The Hall–Kier alpha value is -2.12. The Morgan fingerprint density at radius 2 is 1.96 bits per heavy atom. The Balaban J connectivity index is 1.98. The summed E-state index contributed by atoms with van der Waals surface area (Å²) in [5, 5.41) is 8.15. The molecular formula is C15H14BrClN6. The van der Waals surface area contributed by atoms with Gasteiger partial charge in [0.05, 0.1) is 6.20 Å². The lowest BCUT2D eigenvalue weighted by molar-refractivity contribution is 0.809. The van der Waals surface area contributed by atoms with E-state index in [0.717, 1.165) is 17.7 Å². The van der Waals surface area contributed by atoms with E-state index in [-0.39, 0.29) is 0 Å². The second-order valence-corrected chi connectivity index (χ2v) is 6.01. The van der Waals surface area contributed by atoms with Crippen molar-refractivity contribution in [3.8, 4) is 17.1 Å². The summed E-state index contributed by atoms with van der Waals surface area (Å²) in [6.45, 7) is 2.71. The number of benzene rings is 1. The largest absolute Gasteiger partial charge is 0.383 e. The average molecular weight is 394 g/mol. The highest BCUT2D eigenvalue weighted by Gasteiger charge is 2.12. The molecule has 0 aliphatic rings. The summed E-state index contributed by atoms with van der Waals surface area (Å²) in [6, 6.07) is 7.55. The van der Waals surface area contributed by atoms with Crippen molar-refractivity contribution in [1.29, 1.82) is 0 Å². The minimum atomic E-state index is 0.356. The van der Waals surface area contributed by atoms with E-state index in [1.54, 1.807) is 10.9 Å². The van der Waals surface area contributed by atoms with Crippen LogP contribution in [0.5, 0.6) is 0 Å². The van der Waals surface area contributed by atoms with E-state index in [9.17, 15) is 0 Å². The molecule has 0 bridgehead atoms. The lowest BCUT2D eigenvalue weighted by Crippen LogP contribution is -2.09. The summed E-state index contributed by atoms with van der Waals surface area (Å²) < 4.78 is 2.24. The van der Waals surface area contributed by atoms with Crippen LogP contribution in [-0.4, -0.2) is 26.3 Å². The minimum Gasteiger partial charge on any atom is -0.383 e. The molecule has 23 heavy (non-hydrogen) atoms. The van der Waals surface area contributed by atoms with Crippen LogP contribution in [0.4, 0.5) is 11.6 Å². The molecule has 8 heteroatoms. The maximum absolute atomic E-state index is 5.93. The molecule has 0 amide bonds. The summed E-state index contributed by atoms with van der Waals surface area (Å²) in [6.07, 6.45) is 3.60. The van der Waals surface area contributed by atoms with Crippen LogP contribution >= 0.6 is 27.5 Å². The summed E-state index contributed by atoms with van der Waals surface area (Å²) >= 11 is 9.30. The first-order valence-corrected chi connectivity index (χ1v) is 8.13. The van der Waals surface area contributed by atoms with E-state index in [1.807, 2.05) is 37.4 Å². The third kappa shape index (κ3) is 3.30. The molecule has 0 aliphatic carbocycles. The van der Waals surface area contributed by atoms with Crippen molar-refractivity contribution in [3.63, 3.8) is 0 Å². The fourth-order valence-corrected chi connectivity index (χ4v) is 2.51. The van der Waals surface area contributed by atoms with E-state index < -0.39 is 0 Å². The predicted molar refractivity (Wildman–Crippen MR) is 95.9 cm³/mol. The van der Waals surface area contributed by atoms with E-state index in [1.165, 1.54) is 0 Å². The van der Waals surface area contributed by atoms with Crippen molar-refractivity contribution in [3.05, 3.63) is 46.2 Å². The van der Waals surface area contributed by atoms with E-state index >= 15 is 0 Å². The van der Waals surface area contributed by atoms with Gasteiger partial charge in [-0.15, -0.1) is 0 Å². The molecule has 0 spiro atoms. The number of aromatic nitrogens is 4. The van der Waals surface area contributed by atoms with Crippen LogP contribution in [0, 0.1) is 0 Å². The second-order valence-electron chi connectivity index (χ2n) is 4.78. The first kappa shape index (κ1) is 15.8. The van der Waals surface area contributed by atoms with Crippen LogP contribution in [0.2, 0.25) is 5.02 Å². The molecular weight excluding hydrogens is 380 g/mol. The van der Waals surface area contributed by atoms with Crippen molar-refractivity contribution < 1.29 is 0 Å². The first-order valence-electron chi connectivity index (χ1n) is 6.96. The van der Waals surface area contributed by atoms with Gasteiger partial charge in [-0.3, -0.25) is 0 Å². The Bertz CT molecular complexity index is 830. The van der Waals surface area contributed by atoms with Crippen molar-refractivity contribution in [2.24, 2.45) is 0 Å². The van der Waals surface area contributed by atoms with Gasteiger partial charge in [0.1, 0.15) is 16.1 Å². The monoisotopic (exact) mass is 392 g/mol. The second kappa shape index (κ2) is 6.55. The normalized spacial score (nSPS) is 10.7. The molecule has 118 valence electrons.